The van der Waals surface area contributed by atoms with Crippen LogP contribution in [0.2, 0.25) is 0 Å². The highest BCUT2D eigenvalue weighted by Gasteiger charge is 1.88. The Morgan fingerprint density at radius 1 is 1.20 bits per heavy atom. The highest BCUT2D eigenvalue weighted by molar-refractivity contribution is 5.14. The Labute approximate surface area is 91.6 Å². The van der Waals surface area contributed by atoms with Gasteiger partial charge in [-0.05, 0) is 31.0 Å². The van der Waals surface area contributed by atoms with Gasteiger partial charge in [-0.15, -0.1) is 0 Å². The molecule has 0 unspecified atom stereocenters. The van der Waals surface area contributed by atoms with Gasteiger partial charge in [-0.3, -0.25) is 0 Å². The third kappa shape index (κ3) is 5.92. The van der Waals surface area contributed by atoms with Crippen LogP contribution in [0.1, 0.15) is 18.4 Å². The monoisotopic (exact) mass is 205 g/mol. The molecule has 0 radical (unpaired) electrons. The first kappa shape index (κ1) is 11.8. The van der Waals surface area contributed by atoms with Crippen LogP contribution in [0.3, 0.4) is 0 Å². The van der Waals surface area contributed by atoms with E-state index in [2.05, 4.69) is 23.5 Å². The Bertz CT molecular complexity index is 263. The molecule has 0 saturated carbocycles. The number of hydrogen-bond acceptors (Lipinski definition) is 2. The van der Waals surface area contributed by atoms with Gasteiger partial charge in [0.2, 0.25) is 0 Å². The van der Waals surface area contributed by atoms with E-state index in [1.807, 2.05) is 24.4 Å². The molecular weight excluding hydrogens is 186 g/mol. The SMILES string of the molecule is C1=CNCC1.OCCCc1ccccc1. The molecule has 0 aromatic heterocycles. The lowest BCUT2D eigenvalue weighted by atomic mass is 10.1. The molecule has 0 aliphatic carbocycles. The zero-order valence-electron chi connectivity index (χ0n) is 9.02. The van der Waals surface area contributed by atoms with E-state index in [1.165, 1.54) is 12.0 Å². The normalized spacial score (nSPS) is 12.9. The van der Waals surface area contributed by atoms with Crippen molar-refractivity contribution in [3.8, 4) is 0 Å². The van der Waals surface area contributed by atoms with Crippen molar-refractivity contribution in [2.24, 2.45) is 0 Å². The van der Waals surface area contributed by atoms with Crippen molar-refractivity contribution < 1.29 is 5.11 Å². The van der Waals surface area contributed by atoms with E-state index in [1.54, 1.807) is 0 Å². The molecule has 0 spiro atoms. The van der Waals surface area contributed by atoms with Crippen molar-refractivity contribution in [3.63, 3.8) is 0 Å². The van der Waals surface area contributed by atoms with Gasteiger partial charge in [-0.1, -0.05) is 36.4 Å². The number of aliphatic hydroxyl groups is 1. The minimum atomic E-state index is 0.287. The lowest BCUT2D eigenvalue weighted by Gasteiger charge is -1.96. The summed E-state index contributed by atoms with van der Waals surface area (Å²) in [6.07, 6.45) is 7.17. The number of aryl methyl sites for hydroxylation is 1. The molecule has 82 valence electrons. The largest absolute Gasteiger partial charge is 0.396 e. The quantitative estimate of drug-likeness (QED) is 0.792. The highest BCUT2D eigenvalue weighted by Crippen LogP contribution is 2.00. The third-order valence-electron chi connectivity index (χ3n) is 2.16. The molecule has 1 aromatic rings. The first-order valence-electron chi connectivity index (χ1n) is 5.46. The molecule has 2 rings (SSSR count). The maximum Gasteiger partial charge on any atom is 0.0434 e. The van der Waals surface area contributed by atoms with E-state index in [0.29, 0.717) is 0 Å². The maximum absolute atomic E-state index is 8.53. The van der Waals surface area contributed by atoms with Crippen LogP contribution in [0.15, 0.2) is 42.6 Å². The molecule has 1 heterocycles. The van der Waals surface area contributed by atoms with Crippen LogP contribution in [0.5, 0.6) is 0 Å². The minimum Gasteiger partial charge on any atom is -0.396 e. The Balaban J connectivity index is 0.000000187. The molecule has 0 saturated heterocycles. The van der Waals surface area contributed by atoms with Gasteiger partial charge in [0.1, 0.15) is 0 Å². The lowest BCUT2D eigenvalue weighted by Crippen LogP contribution is -1.96. The molecule has 0 atom stereocenters. The maximum atomic E-state index is 8.53. The number of aliphatic hydroxyl groups excluding tert-OH is 1. The Hall–Kier alpha value is -1.28. The minimum absolute atomic E-state index is 0.287. The topological polar surface area (TPSA) is 32.3 Å². The Morgan fingerprint density at radius 3 is 2.47 bits per heavy atom. The molecule has 2 N–H and O–H groups in total. The molecule has 15 heavy (non-hydrogen) atoms. The fraction of sp³-hybridized carbons (Fsp3) is 0.385. The molecule has 2 heteroatoms. The smallest absolute Gasteiger partial charge is 0.0434 e. The second kappa shape index (κ2) is 8.06. The molecule has 2 nitrogen and oxygen atoms in total. The third-order valence-corrected chi connectivity index (χ3v) is 2.16. The zero-order chi connectivity index (χ0) is 10.8. The second-order valence-electron chi connectivity index (χ2n) is 3.46. The summed E-state index contributed by atoms with van der Waals surface area (Å²) in [4.78, 5) is 0. The average Bonchev–Trinajstić information content (AvgIpc) is 2.86. The number of rotatable bonds is 3. The van der Waals surface area contributed by atoms with E-state index in [9.17, 15) is 0 Å². The van der Waals surface area contributed by atoms with Crippen LogP contribution in [0.4, 0.5) is 0 Å². The Morgan fingerprint density at radius 2 is 2.00 bits per heavy atom. The fourth-order valence-corrected chi connectivity index (χ4v) is 1.34. The predicted octanol–water partition coefficient (Wildman–Crippen LogP) is 2.10. The van der Waals surface area contributed by atoms with Crippen LogP contribution in [-0.4, -0.2) is 18.3 Å². The molecule has 0 bridgehead atoms. The van der Waals surface area contributed by atoms with E-state index < -0.39 is 0 Å². The van der Waals surface area contributed by atoms with Crippen molar-refractivity contribution in [3.05, 3.63) is 48.2 Å². The molecule has 0 fully saturated rings. The first-order valence-corrected chi connectivity index (χ1v) is 5.46. The van der Waals surface area contributed by atoms with Crippen LogP contribution in [0.25, 0.3) is 0 Å². The summed E-state index contributed by atoms with van der Waals surface area (Å²) in [5, 5.41) is 11.6. The average molecular weight is 205 g/mol. The van der Waals surface area contributed by atoms with Gasteiger partial charge in [-0.2, -0.15) is 0 Å². The van der Waals surface area contributed by atoms with Crippen LogP contribution in [0, 0.1) is 0 Å². The molecule has 1 aromatic carbocycles. The highest BCUT2D eigenvalue weighted by atomic mass is 16.2. The van der Waals surface area contributed by atoms with Gasteiger partial charge in [0.25, 0.3) is 0 Å². The van der Waals surface area contributed by atoms with Crippen LogP contribution < -0.4 is 5.32 Å². The number of nitrogens with one attached hydrogen (secondary N) is 1. The number of hydrogen-bond donors (Lipinski definition) is 2. The van der Waals surface area contributed by atoms with Gasteiger partial charge >= 0.3 is 0 Å². The van der Waals surface area contributed by atoms with Gasteiger partial charge in [-0.25, -0.2) is 0 Å². The van der Waals surface area contributed by atoms with Crippen LogP contribution >= 0.6 is 0 Å². The summed E-state index contributed by atoms with van der Waals surface area (Å²) in [7, 11) is 0. The summed E-state index contributed by atoms with van der Waals surface area (Å²) in [5.41, 5.74) is 1.30. The van der Waals surface area contributed by atoms with E-state index in [0.717, 1.165) is 19.4 Å². The Kier molecular flexibility index (Phi) is 6.34. The molecule has 0 amide bonds. The second-order valence-corrected chi connectivity index (χ2v) is 3.46. The summed E-state index contributed by atoms with van der Waals surface area (Å²) >= 11 is 0. The van der Waals surface area contributed by atoms with Crippen molar-refractivity contribution >= 4 is 0 Å². The standard InChI is InChI=1S/C9H12O.C4H7N/c10-8-4-7-9-5-2-1-3-6-9;1-2-4-5-3-1/h1-3,5-6,10H,4,7-8H2;1,3,5H,2,4H2. The molecule has 1 aliphatic heterocycles. The van der Waals surface area contributed by atoms with Crippen molar-refractivity contribution in [2.75, 3.05) is 13.2 Å². The summed E-state index contributed by atoms with van der Waals surface area (Å²) in [6, 6.07) is 10.2. The summed E-state index contributed by atoms with van der Waals surface area (Å²) < 4.78 is 0. The first-order chi connectivity index (χ1) is 7.43. The predicted molar refractivity (Wildman–Crippen MR) is 63.6 cm³/mol. The summed E-state index contributed by atoms with van der Waals surface area (Å²) in [6.45, 7) is 1.43. The zero-order valence-corrected chi connectivity index (χ0v) is 9.02. The van der Waals surface area contributed by atoms with Gasteiger partial charge in [0.05, 0.1) is 0 Å². The van der Waals surface area contributed by atoms with Crippen molar-refractivity contribution in [2.45, 2.75) is 19.3 Å². The van der Waals surface area contributed by atoms with Crippen molar-refractivity contribution in [1.29, 1.82) is 0 Å². The lowest BCUT2D eigenvalue weighted by molar-refractivity contribution is 0.288. The van der Waals surface area contributed by atoms with Gasteiger partial charge < -0.3 is 10.4 Å². The fourth-order valence-electron chi connectivity index (χ4n) is 1.34. The van der Waals surface area contributed by atoms with Crippen molar-refractivity contribution in [1.82, 2.24) is 5.32 Å². The molecule has 1 aliphatic rings. The summed E-state index contributed by atoms with van der Waals surface area (Å²) in [5.74, 6) is 0. The van der Waals surface area contributed by atoms with E-state index >= 15 is 0 Å². The van der Waals surface area contributed by atoms with E-state index in [-0.39, 0.29) is 6.61 Å². The van der Waals surface area contributed by atoms with Crippen LogP contribution in [-0.2, 0) is 6.42 Å². The molecular formula is C13H19NO. The van der Waals surface area contributed by atoms with Gasteiger partial charge in [0, 0.05) is 13.2 Å². The van der Waals surface area contributed by atoms with Gasteiger partial charge in [0.15, 0.2) is 0 Å². The van der Waals surface area contributed by atoms with E-state index in [4.69, 9.17) is 5.11 Å². The number of benzene rings is 1.